The molecule has 0 aliphatic carbocycles. The van der Waals surface area contributed by atoms with E-state index in [0.29, 0.717) is 23.7 Å². The maximum absolute atomic E-state index is 12.0. The standard InChI is InChI=1S/C28H28N2O7/c31-26(30-18-27(32)33)14-12-21-11-13-24(36-19-22-7-3-1-4-8-22)25(17-21)35-16-15-29-28(34)37-20-23-9-5-2-6-10-23/h1-14,17H,15-16,18-20H2,(H,29,34)(H,30,31)(H,32,33)/b14-12+. The quantitative estimate of drug-likeness (QED) is 0.239. The molecule has 3 aromatic rings. The van der Waals surface area contributed by atoms with Crippen molar-refractivity contribution in [2.45, 2.75) is 13.2 Å². The van der Waals surface area contributed by atoms with Gasteiger partial charge in [0.2, 0.25) is 5.91 Å². The summed E-state index contributed by atoms with van der Waals surface area (Å²) >= 11 is 0. The van der Waals surface area contributed by atoms with Crippen LogP contribution in [0, 0.1) is 0 Å². The number of amides is 2. The van der Waals surface area contributed by atoms with Crippen molar-refractivity contribution in [1.29, 1.82) is 0 Å². The highest BCUT2D eigenvalue weighted by Crippen LogP contribution is 2.29. The normalized spacial score (nSPS) is 10.5. The molecule has 0 saturated carbocycles. The zero-order valence-electron chi connectivity index (χ0n) is 20.1. The van der Waals surface area contributed by atoms with Crippen molar-refractivity contribution in [3.63, 3.8) is 0 Å². The SMILES string of the molecule is O=C(O)CNC(=O)/C=C/c1ccc(OCc2ccccc2)c(OCCNC(=O)OCc2ccccc2)c1. The minimum absolute atomic E-state index is 0.147. The molecule has 0 saturated heterocycles. The van der Waals surface area contributed by atoms with E-state index in [1.807, 2.05) is 60.7 Å². The maximum Gasteiger partial charge on any atom is 0.407 e. The predicted molar refractivity (Wildman–Crippen MR) is 137 cm³/mol. The number of alkyl carbamates (subject to hydrolysis) is 1. The Morgan fingerprint density at radius 3 is 2.14 bits per heavy atom. The first kappa shape index (κ1) is 26.8. The topological polar surface area (TPSA) is 123 Å². The molecule has 0 unspecified atom stereocenters. The lowest BCUT2D eigenvalue weighted by Crippen LogP contribution is -2.28. The van der Waals surface area contributed by atoms with Crippen LogP contribution in [0.25, 0.3) is 6.08 Å². The molecule has 3 rings (SSSR count). The monoisotopic (exact) mass is 504 g/mol. The highest BCUT2D eigenvalue weighted by atomic mass is 16.5. The van der Waals surface area contributed by atoms with Crippen molar-refractivity contribution in [1.82, 2.24) is 10.6 Å². The van der Waals surface area contributed by atoms with E-state index in [9.17, 15) is 14.4 Å². The molecule has 3 N–H and O–H groups in total. The smallest absolute Gasteiger partial charge is 0.407 e. The molecule has 0 aliphatic rings. The molecule has 0 spiro atoms. The summed E-state index contributed by atoms with van der Waals surface area (Å²) in [6.45, 7) is 0.371. The Morgan fingerprint density at radius 2 is 1.46 bits per heavy atom. The molecule has 0 fully saturated rings. The number of carbonyl (C=O) groups excluding carboxylic acids is 2. The molecule has 37 heavy (non-hydrogen) atoms. The van der Waals surface area contributed by atoms with Crippen LogP contribution in [-0.4, -0.2) is 42.8 Å². The van der Waals surface area contributed by atoms with Gasteiger partial charge in [-0.2, -0.15) is 0 Å². The van der Waals surface area contributed by atoms with Gasteiger partial charge in [0, 0.05) is 6.08 Å². The molecule has 0 aliphatic heterocycles. The fourth-order valence-electron chi connectivity index (χ4n) is 3.08. The Labute approximate surface area is 214 Å². The molecule has 2 amide bonds. The van der Waals surface area contributed by atoms with Gasteiger partial charge in [0.1, 0.15) is 26.4 Å². The van der Waals surface area contributed by atoms with E-state index in [1.165, 1.54) is 12.2 Å². The van der Waals surface area contributed by atoms with Crippen LogP contribution in [0.5, 0.6) is 11.5 Å². The van der Waals surface area contributed by atoms with Crippen LogP contribution < -0.4 is 20.1 Å². The maximum atomic E-state index is 12.0. The minimum atomic E-state index is -1.13. The number of carbonyl (C=O) groups is 3. The lowest BCUT2D eigenvalue weighted by atomic mass is 10.2. The number of carboxylic acids is 1. The number of rotatable bonds is 13. The lowest BCUT2D eigenvalue weighted by Gasteiger charge is -2.14. The summed E-state index contributed by atoms with van der Waals surface area (Å²) in [5.41, 5.74) is 2.51. The van der Waals surface area contributed by atoms with Crippen LogP contribution >= 0.6 is 0 Å². The molecule has 192 valence electrons. The van der Waals surface area contributed by atoms with Crippen molar-refractivity contribution in [2.24, 2.45) is 0 Å². The van der Waals surface area contributed by atoms with Crippen molar-refractivity contribution >= 4 is 24.0 Å². The fraction of sp³-hybridized carbons (Fsp3) is 0.179. The Kier molecular flexibility index (Phi) is 10.6. The zero-order valence-corrected chi connectivity index (χ0v) is 20.1. The molecule has 0 heterocycles. The van der Waals surface area contributed by atoms with Crippen LogP contribution in [0.1, 0.15) is 16.7 Å². The van der Waals surface area contributed by atoms with Gasteiger partial charge in [-0.15, -0.1) is 0 Å². The molecular formula is C28H28N2O7. The van der Waals surface area contributed by atoms with Crippen molar-refractivity contribution in [2.75, 3.05) is 19.7 Å². The lowest BCUT2D eigenvalue weighted by molar-refractivity contribution is -0.137. The molecular weight excluding hydrogens is 476 g/mol. The molecule has 3 aromatic carbocycles. The third-order valence-electron chi connectivity index (χ3n) is 4.89. The number of benzene rings is 3. The molecule has 9 nitrogen and oxygen atoms in total. The number of hydrogen-bond donors (Lipinski definition) is 3. The fourth-order valence-corrected chi connectivity index (χ4v) is 3.08. The second kappa shape index (κ2) is 14.6. The summed E-state index contributed by atoms with van der Waals surface area (Å²) in [6, 6.07) is 24.1. The van der Waals surface area contributed by atoms with Gasteiger partial charge in [0.25, 0.3) is 0 Å². The van der Waals surface area contributed by atoms with Gasteiger partial charge in [-0.25, -0.2) is 4.79 Å². The number of aliphatic carboxylic acids is 1. The summed E-state index contributed by atoms with van der Waals surface area (Å²) in [5, 5.41) is 13.6. The number of nitrogens with one attached hydrogen (secondary N) is 2. The van der Waals surface area contributed by atoms with Gasteiger partial charge >= 0.3 is 12.1 Å². The van der Waals surface area contributed by atoms with Crippen molar-refractivity contribution in [3.8, 4) is 11.5 Å². The van der Waals surface area contributed by atoms with E-state index in [1.54, 1.807) is 18.2 Å². The second-order valence-corrected chi connectivity index (χ2v) is 7.76. The van der Waals surface area contributed by atoms with E-state index in [0.717, 1.165) is 11.1 Å². The molecule has 9 heteroatoms. The first-order chi connectivity index (χ1) is 18.0. The minimum Gasteiger partial charge on any atom is -0.488 e. The molecule has 0 radical (unpaired) electrons. The van der Waals surface area contributed by atoms with Gasteiger partial charge in [0.05, 0.1) is 6.54 Å². The molecule has 0 bridgehead atoms. The average Bonchev–Trinajstić information content (AvgIpc) is 2.92. The van der Waals surface area contributed by atoms with E-state index >= 15 is 0 Å². The number of carboxylic acid groups (broad SMARTS) is 1. The Hall–Kier alpha value is -4.79. The van der Waals surface area contributed by atoms with Gasteiger partial charge in [-0.05, 0) is 34.9 Å². The van der Waals surface area contributed by atoms with Gasteiger partial charge in [0.15, 0.2) is 11.5 Å². The largest absolute Gasteiger partial charge is 0.488 e. The van der Waals surface area contributed by atoms with Crippen LogP contribution in [0.2, 0.25) is 0 Å². The Balaban J connectivity index is 1.57. The Bertz CT molecular complexity index is 1200. The summed E-state index contributed by atoms with van der Waals surface area (Å²) in [5.74, 6) is -0.756. The summed E-state index contributed by atoms with van der Waals surface area (Å²) in [6.07, 6.45) is 2.21. The molecule has 0 atom stereocenters. The summed E-state index contributed by atoms with van der Waals surface area (Å²) in [4.78, 5) is 34.3. The summed E-state index contributed by atoms with van der Waals surface area (Å²) < 4.78 is 17.0. The highest BCUT2D eigenvalue weighted by Gasteiger charge is 2.09. The van der Waals surface area contributed by atoms with Gasteiger partial charge in [-0.3, -0.25) is 9.59 Å². The first-order valence-electron chi connectivity index (χ1n) is 11.6. The highest BCUT2D eigenvalue weighted by molar-refractivity contribution is 5.93. The van der Waals surface area contributed by atoms with E-state index in [-0.39, 0.29) is 19.8 Å². The zero-order chi connectivity index (χ0) is 26.3. The van der Waals surface area contributed by atoms with Gasteiger partial charge < -0.3 is 30.0 Å². The number of ether oxygens (including phenoxy) is 3. The van der Waals surface area contributed by atoms with Crippen molar-refractivity contribution in [3.05, 3.63) is 102 Å². The van der Waals surface area contributed by atoms with Crippen LogP contribution in [0.3, 0.4) is 0 Å². The first-order valence-corrected chi connectivity index (χ1v) is 11.6. The molecule has 0 aromatic heterocycles. The van der Waals surface area contributed by atoms with Crippen LogP contribution in [-0.2, 0) is 27.5 Å². The number of hydrogen-bond acceptors (Lipinski definition) is 6. The van der Waals surface area contributed by atoms with E-state index < -0.39 is 24.5 Å². The average molecular weight is 505 g/mol. The van der Waals surface area contributed by atoms with Crippen LogP contribution in [0.15, 0.2) is 84.9 Å². The van der Waals surface area contributed by atoms with Crippen molar-refractivity contribution < 1.29 is 33.7 Å². The third kappa shape index (κ3) is 10.2. The summed E-state index contributed by atoms with van der Waals surface area (Å²) in [7, 11) is 0. The van der Waals surface area contributed by atoms with E-state index in [4.69, 9.17) is 19.3 Å². The Morgan fingerprint density at radius 1 is 0.784 bits per heavy atom. The second-order valence-electron chi connectivity index (χ2n) is 7.76. The third-order valence-corrected chi connectivity index (χ3v) is 4.89. The van der Waals surface area contributed by atoms with E-state index in [2.05, 4.69) is 10.6 Å². The van der Waals surface area contributed by atoms with Gasteiger partial charge in [-0.1, -0.05) is 66.7 Å². The predicted octanol–water partition coefficient (Wildman–Crippen LogP) is 3.78. The van der Waals surface area contributed by atoms with Crippen LogP contribution in [0.4, 0.5) is 4.79 Å².